The van der Waals surface area contributed by atoms with E-state index in [-0.39, 0.29) is 0 Å². The van der Waals surface area contributed by atoms with E-state index in [4.69, 9.17) is 4.42 Å². The standard InChI is InChI=1S/C15H9BrINO/c16-14-8-13(19-15(14)17)9-18-12-6-5-10-3-1-2-4-11(10)7-12/h1-9H. The van der Waals surface area contributed by atoms with Crippen LogP contribution in [0.4, 0.5) is 5.69 Å². The SMILES string of the molecule is Brc1cc(C=Nc2ccc3ccccc3c2)oc1I. The zero-order valence-electron chi connectivity index (χ0n) is 9.81. The number of halogens is 2. The number of nitrogens with zero attached hydrogens (tertiary/aromatic N) is 1. The van der Waals surface area contributed by atoms with Crippen LogP contribution in [0.1, 0.15) is 5.76 Å². The van der Waals surface area contributed by atoms with Crippen LogP contribution in [0, 0.1) is 3.77 Å². The molecule has 1 aromatic heterocycles. The highest BCUT2D eigenvalue weighted by Crippen LogP contribution is 2.24. The van der Waals surface area contributed by atoms with Crippen LogP contribution in [0.2, 0.25) is 0 Å². The molecule has 0 saturated carbocycles. The number of hydrogen-bond donors (Lipinski definition) is 0. The first-order valence-electron chi connectivity index (χ1n) is 5.70. The van der Waals surface area contributed by atoms with E-state index in [2.05, 4.69) is 67.8 Å². The lowest BCUT2D eigenvalue weighted by atomic mass is 10.1. The van der Waals surface area contributed by atoms with Gasteiger partial charge in [-0.1, -0.05) is 30.3 Å². The fourth-order valence-corrected chi connectivity index (χ4v) is 2.54. The molecule has 94 valence electrons. The number of hydrogen-bond acceptors (Lipinski definition) is 2. The van der Waals surface area contributed by atoms with Crippen LogP contribution in [0.5, 0.6) is 0 Å². The van der Waals surface area contributed by atoms with E-state index in [9.17, 15) is 0 Å². The number of benzene rings is 2. The molecule has 0 spiro atoms. The van der Waals surface area contributed by atoms with Crippen molar-refractivity contribution in [3.8, 4) is 0 Å². The summed E-state index contributed by atoms with van der Waals surface area (Å²) >= 11 is 5.55. The van der Waals surface area contributed by atoms with Crippen LogP contribution in [-0.2, 0) is 0 Å². The van der Waals surface area contributed by atoms with Crippen molar-refractivity contribution >= 4 is 61.2 Å². The van der Waals surface area contributed by atoms with Crippen molar-refractivity contribution < 1.29 is 4.42 Å². The lowest BCUT2D eigenvalue weighted by Crippen LogP contribution is -1.75. The van der Waals surface area contributed by atoms with Crippen LogP contribution >= 0.6 is 38.5 Å². The van der Waals surface area contributed by atoms with Gasteiger partial charge in [0.2, 0.25) is 0 Å². The average Bonchev–Trinajstić information content (AvgIpc) is 2.75. The van der Waals surface area contributed by atoms with Crippen molar-refractivity contribution in [2.75, 3.05) is 0 Å². The smallest absolute Gasteiger partial charge is 0.178 e. The predicted molar refractivity (Wildman–Crippen MR) is 90.3 cm³/mol. The van der Waals surface area contributed by atoms with E-state index in [1.54, 1.807) is 6.21 Å². The molecule has 0 unspecified atom stereocenters. The number of fused-ring (bicyclic) bond motifs is 1. The Labute approximate surface area is 132 Å². The zero-order chi connectivity index (χ0) is 13.2. The maximum atomic E-state index is 5.51. The number of aliphatic imine (C=N–C) groups is 1. The molecule has 2 aromatic carbocycles. The Morgan fingerprint density at radius 1 is 1.05 bits per heavy atom. The lowest BCUT2D eigenvalue weighted by molar-refractivity contribution is 0.530. The highest BCUT2D eigenvalue weighted by atomic mass is 127. The monoisotopic (exact) mass is 425 g/mol. The second-order valence-corrected chi connectivity index (χ2v) is 5.89. The van der Waals surface area contributed by atoms with Gasteiger partial charge < -0.3 is 4.42 Å². The van der Waals surface area contributed by atoms with Gasteiger partial charge in [0.05, 0.1) is 16.4 Å². The Bertz CT molecular complexity index is 744. The van der Waals surface area contributed by atoms with Gasteiger partial charge in [-0.2, -0.15) is 0 Å². The van der Waals surface area contributed by atoms with Crippen molar-refractivity contribution in [2.24, 2.45) is 4.99 Å². The number of rotatable bonds is 2. The predicted octanol–water partition coefficient (Wildman–Crippen LogP) is 5.55. The molecule has 0 aliphatic heterocycles. The molecular weight excluding hydrogens is 417 g/mol. The second kappa shape index (κ2) is 5.46. The summed E-state index contributed by atoms with van der Waals surface area (Å²) < 4.78 is 7.30. The van der Waals surface area contributed by atoms with Gasteiger partial charge in [-0.15, -0.1) is 0 Å². The summed E-state index contributed by atoms with van der Waals surface area (Å²) in [6, 6.07) is 16.3. The Hall–Kier alpha value is -1.14. The van der Waals surface area contributed by atoms with Gasteiger partial charge in [-0.3, -0.25) is 4.99 Å². The van der Waals surface area contributed by atoms with Crippen LogP contribution < -0.4 is 0 Å². The molecule has 19 heavy (non-hydrogen) atoms. The van der Waals surface area contributed by atoms with Crippen LogP contribution in [0.15, 0.2) is 62.4 Å². The molecule has 0 radical (unpaired) electrons. The van der Waals surface area contributed by atoms with E-state index in [0.29, 0.717) is 0 Å². The van der Waals surface area contributed by atoms with Gasteiger partial charge >= 0.3 is 0 Å². The summed E-state index contributed by atoms with van der Waals surface area (Å²) in [6.45, 7) is 0. The first kappa shape index (κ1) is 12.9. The van der Waals surface area contributed by atoms with Crippen LogP contribution in [0.3, 0.4) is 0 Å². The first-order valence-corrected chi connectivity index (χ1v) is 7.57. The van der Waals surface area contributed by atoms with E-state index >= 15 is 0 Å². The third-order valence-corrected chi connectivity index (χ3v) is 4.87. The van der Waals surface area contributed by atoms with Crippen molar-refractivity contribution in [1.82, 2.24) is 0 Å². The third kappa shape index (κ3) is 2.90. The minimum Gasteiger partial charge on any atom is -0.448 e. The van der Waals surface area contributed by atoms with Gasteiger partial charge in [0.15, 0.2) is 3.77 Å². The fourth-order valence-electron chi connectivity index (χ4n) is 1.82. The van der Waals surface area contributed by atoms with E-state index in [1.807, 2.05) is 24.3 Å². The van der Waals surface area contributed by atoms with Gasteiger partial charge in [0.1, 0.15) is 5.76 Å². The molecule has 0 aliphatic carbocycles. The summed E-state index contributed by atoms with van der Waals surface area (Å²) in [5.74, 6) is 0.740. The summed E-state index contributed by atoms with van der Waals surface area (Å²) in [6.07, 6.45) is 1.73. The Morgan fingerprint density at radius 2 is 1.84 bits per heavy atom. The minimum atomic E-state index is 0.740. The van der Waals surface area contributed by atoms with Gasteiger partial charge in [0.25, 0.3) is 0 Å². The highest BCUT2D eigenvalue weighted by molar-refractivity contribution is 14.1. The maximum absolute atomic E-state index is 5.51. The van der Waals surface area contributed by atoms with Crippen molar-refractivity contribution in [3.05, 3.63) is 62.5 Å². The molecule has 0 fully saturated rings. The first-order chi connectivity index (χ1) is 9.22. The summed E-state index contributed by atoms with van der Waals surface area (Å²) in [5, 5.41) is 2.41. The molecule has 3 rings (SSSR count). The molecule has 3 aromatic rings. The van der Waals surface area contributed by atoms with Crippen molar-refractivity contribution in [3.63, 3.8) is 0 Å². The Balaban J connectivity index is 1.92. The zero-order valence-corrected chi connectivity index (χ0v) is 13.6. The van der Waals surface area contributed by atoms with E-state index < -0.39 is 0 Å². The summed E-state index contributed by atoms with van der Waals surface area (Å²) in [7, 11) is 0. The molecule has 1 heterocycles. The molecule has 0 N–H and O–H groups in total. The molecule has 0 amide bonds. The molecule has 0 saturated heterocycles. The Kier molecular flexibility index (Phi) is 3.70. The summed E-state index contributed by atoms with van der Waals surface area (Å²) in [5.41, 5.74) is 0.918. The molecule has 0 bridgehead atoms. The van der Waals surface area contributed by atoms with Crippen molar-refractivity contribution in [2.45, 2.75) is 0 Å². The summed E-state index contributed by atoms with van der Waals surface area (Å²) in [4.78, 5) is 4.44. The number of furan rings is 1. The molecule has 0 aliphatic rings. The molecule has 2 nitrogen and oxygen atoms in total. The minimum absolute atomic E-state index is 0.740. The van der Waals surface area contributed by atoms with Crippen LogP contribution in [-0.4, -0.2) is 6.21 Å². The molecule has 4 heteroatoms. The third-order valence-electron chi connectivity index (χ3n) is 2.74. The van der Waals surface area contributed by atoms with E-state index in [0.717, 1.165) is 19.7 Å². The van der Waals surface area contributed by atoms with Crippen molar-refractivity contribution in [1.29, 1.82) is 0 Å². The van der Waals surface area contributed by atoms with Gasteiger partial charge in [-0.25, -0.2) is 0 Å². The topological polar surface area (TPSA) is 25.5 Å². The van der Waals surface area contributed by atoms with Gasteiger partial charge in [0, 0.05) is 28.7 Å². The van der Waals surface area contributed by atoms with Crippen LogP contribution in [0.25, 0.3) is 10.8 Å². The fraction of sp³-hybridized carbons (Fsp3) is 0. The molecular formula is C15H9BrINO. The second-order valence-electron chi connectivity index (χ2n) is 4.06. The normalized spacial score (nSPS) is 11.5. The largest absolute Gasteiger partial charge is 0.448 e. The highest BCUT2D eigenvalue weighted by Gasteiger charge is 2.03. The molecule has 0 atom stereocenters. The Morgan fingerprint density at radius 3 is 2.58 bits per heavy atom. The average molecular weight is 426 g/mol. The lowest BCUT2D eigenvalue weighted by Gasteiger charge is -1.98. The van der Waals surface area contributed by atoms with Gasteiger partial charge in [-0.05, 0) is 38.8 Å². The quantitative estimate of drug-likeness (QED) is 0.390. The van der Waals surface area contributed by atoms with E-state index in [1.165, 1.54) is 10.8 Å². The maximum Gasteiger partial charge on any atom is 0.178 e.